The van der Waals surface area contributed by atoms with Crippen molar-refractivity contribution in [1.29, 1.82) is 0 Å². The van der Waals surface area contributed by atoms with Crippen LogP contribution < -0.4 is 10.6 Å². The number of hydrogen-bond donors (Lipinski definition) is 2. The summed E-state index contributed by atoms with van der Waals surface area (Å²) in [6.45, 7) is 4.71. The Bertz CT molecular complexity index is 745. The molecular formula is C23H33N3O4. The highest BCUT2D eigenvalue weighted by atomic mass is 16.5. The van der Waals surface area contributed by atoms with E-state index in [0.29, 0.717) is 24.1 Å². The van der Waals surface area contributed by atoms with E-state index in [-0.39, 0.29) is 24.6 Å². The molecule has 7 nitrogen and oxygen atoms in total. The van der Waals surface area contributed by atoms with E-state index in [0.717, 1.165) is 24.9 Å². The lowest BCUT2D eigenvalue weighted by Gasteiger charge is -2.44. The molecule has 1 aromatic carbocycles. The van der Waals surface area contributed by atoms with Crippen LogP contribution in [-0.4, -0.2) is 48.0 Å². The van der Waals surface area contributed by atoms with Crippen molar-refractivity contribution < 1.29 is 19.1 Å². The van der Waals surface area contributed by atoms with Gasteiger partial charge in [0.1, 0.15) is 0 Å². The maximum absolute atomic E-state index is 12.7. The van der Waals surface area contributed by atoms with Gasteiger partial charge in [-0.25, -0.2) is 9.59 Å². The van der Waals surface area contributed by atoms with E-state index in [9.17, 15) is 14.4 Å². The number of esters is 1. The second kappa shape index (κ2) is 10.5. The summed E-state index contributed by atoms with van der Waals surface area (Å²) >= 11 is 0. The normalized spacial score (nSPS) is 21.0. The zero-order chi connectivity index (χ0) is 21.5. The number of benzene rings is 1. The van der Waals surface area contributed by atoms with Crippen LogP contribution in [0, 0.1) is 5.92 Å². The molecule has 0 bridgehead atoms. The summed E-state index contributed by atoms with van der Waals surface area (Å²) in [5.41, 5.74) is 1.27. The highest BCUT2D eigenvalue weighted by Gasteiger charge is 2.35. The molecule has 2 aliphatic rings. The first-order chi connectivity index (χ1) is 14.4. The number of rotatable bonds is 6. The molecule has 1 saturated carbocycles. The van der Waals surface area contributed by atoms with Gasteiger partial charge in [-0.3, -0.25) is 4.79 Å². The van der Waals surface area contributed by atoms with Gasteiger partial charge in [-0.2, -0.15) is 0 Å². The van der Waals surface area contributed by atoms with Crippen LogP contribution in [0.25, 0.3) is 0 Å². The fraction of sp³-hybridized carbons (Fsp3) is 0.609. The molecule has 1 saturated heterocycles. The third-order valence-electron chi connectivity index (χ3n) is 5.95. The quantitative estimate of drug-likeness (QED) is 0.699. The van der Waals surface area contributed by atoms with Gasteiger partial charge in [0.2, 0.25) is 0 Å². The second-order valence-electron chi connectivity index (χ2n) is 8.60. The van der Waals surface area contributed by atoms with Gasteiger partial charge < -0.3 is 20.3 Å². The van der Waals surface area contributed by atoms with E-state index < -0.39 is 5.97 Å². The van der Waals surface area contributed by atoms with Crippen molar-refractivity contribution in [3.05, 3.63) is 35.4 Å². The summed E-state index contributed by atoms with van der Waals surface area (Å²) in [6.07, 6.45) is 6.93. The zero-order valence-electron chi connectivity index (χ0n) is 18.0. The molecule has 0 radical (unpaired) electrons. The van der Waals surface area contributed by atoms with Crippen molar-refractivity contribution in [2.45, 2.75) is 71.0 Å². The Hall–Kier alpha value is -2.57. The molecule has 1 aromatic rings. The smallest absolute Gasteiger partial charge is 0.338 e. The van der Waals surface area contributed by atoms with Gasteiger partial charge in [0.25, 0.3) is 5.91 Å². The Morgan fingerprint density at radius 2 is 1.77 bits per heavy atom. The molecule has 1 aliphatic carbocycles. The minimum absolute atomic E-state index is 0.0683. The van der Waals surface area contributed by atoms with Gasteiger partial charge in [-0.05, 0) is 63.1 Å². The fourth-order valence-corrected chi connectivity index (χ4v) is 4.48. The van der Waals surface area contributed by atoms with E-state index in [1.807, 2.05) is 18.7 Å². The SMILES string of the molecule is CC(C)NC(=O)NCc1ccc(C(=O)OCC(=O)N2CCC[C@@H]3CCCC[C@H]32)cc1. The molecule has 2 fully saturated rings. The monoisotopic (exact) mass is 415 g/mol. The third kappa shape index (κ3) is 5.97. The Morgan fingerprint density at radius 1 is 1.07 bits per heavy atom. The van der Waals surface area contributed by atoms with Crippen LogP contribution in [0.1, 0.15) is 68.3 Å². The minimum atomic E-state index is -0.502. The summed E-state index contributed by atoms with van der Waals surface area (Å²) in [4.78, 5) is 38.6. The summed E-state index contributed by atoms with van der Waals surface area (Å²) < 4.78 is 5.29. The molecule has 3 rings (SSSR count). The van der Waals surface area contributed by atoms with Gasteiger partial charge in [-0.1, -0.05) is 25.0 Å². The Kier molecular flexibility index (Phi) is 7.71. The number of hydrogen-bond acceptors (Lipinski definition) is 4. The number of carbonyl (C=O) groups is 3. The Labute approximate surface area is 178 Å². The molecule has 3 amide bonds. The summed E-state index contributed by atoms with van der Waals surface area (Å²) in [7, 11) is 0. The Balaban J connectivity index is 1.46. The topological polar surface area (TPSA) is 87.7 Å². The average molecular weight is 416 g/mol. The van der Waals surface area contributed by atoms with Gasteiger partial charge in [-0.15, -0.1) is 0 Å². The van der Waals surface area contributed by atoms with Crippen molar-refractivity contribution in [1.82, 2.24) is 15.5 Å². The van der Waals surface area contributed by atoms with Crippen LogP contribution in [0.2, 0.25) is 0 Å². The first kappa shape index (κ1) is 22.1. The molecule has 7 heteroatoms. The van der Waals surface area contributed by atoms with Crippen molar-refractivity contribution in [2.75, 3.05) is 13.2 Å². The number of piperidine rings is 1. The average Bonchev–Trinajstić information content (AvgIpc) is 2.75. The highest BCUT2D eigenvalue weighted by Crippen LogP contribution is 2.35. The Morgan fingerprint density at radius 3 is 2.50 bits per heavy atom. The van der Waals surface area contributed by atoms with Crippen LogP contribution in [0.5, 0.6) is 0 Å². The lowest BCUT2D eigenvalue weighted by atomic mass is 9.78. The van der Waals surface area contributed by atoms with E-state index in [1.165, 1.54) is 25.7 Å². The zero-order valence-corrected chi connectivity index (χ0v) is 18.0. The summed E-state index contributed by atoms with van der Waals surface area (Å²) in [6, 6.07) is 7.00. The van der Waals surface area contributed by atoms with Crippen LogP contribution in [0.15, 0.2) is 24.3 Å². The van der Waals surface area contributed by atoms with Crippen molar-refractivity contribution >= 4 is 17.9 Å². The van der Waals surface area contributed by atoms with Gasteiger partial charge >= 0.3 is 12.0 Å². The third-order valence-corrected chi connectivity index (χ3v) is 5.95. The fourth-order valence-electron chi connectivity index (χ4n) is 4.48. The van der Waals surface area contributed by atoms with Gasteiger partial charge in [0, 0.05) is 25.2 Å². The number of nitrogens with zero attached hydrogens (tertiary/aromatic N) is 1. The van der Waals surface area contributed by atoms with Crippen LogP contribution >= 0.6 is 0 Å². The molecule has 0 spiro atoms. The predicted molar refractivity (Wildman–Crippen MR) is 114 cm³/mol. The molecule has 1 aliphatic heterocycles. The van der Waals surface area contributed by atoms with Crippen LogP contribution in [0.3, 0.4) is 0 Å². The van der Waals surface area contributed by atoms with Crippen LogP contribution in [-0.2, 0) is 16.1 Å². The molecule has 2 atom stereocenters. The molecule has 1 heterocycles. The number of fused-ring (bicyclic) bond motifs is 1. The number of urea groups is 1. The van der Waals surface area contributed by atoms with E-state index >= 15 is 0 Å². The minimum Gasteiger partial charge on any atom is -0.452 e. The van der Waals surface area contributed by atoms with Crippen molar-refractivity contribution in [3.8, 4) is 0 Å². The van der Waals surface area contributed by atoms with E-state index in [2.05, 4.69) is 10.6 Å². The number of likely N-dealkylation sites (tertiary alicyclic amines) is 1. The molecule has 30 heavy (non-hydrogen) atoms. The first-order valence-corrected chi connectivity index (χ1v) is 11.0. The maximum Gasteiger partial charge on any atom is 0.338 e. The van der Waals surface area contributed by atoms with Crippen molar-refractivity contribution in [3.63, 3.8) is 0 Å². The van der Waals surface area contributed by atoms with E-state index in [4.69, 9.17) is 4.74 Å². The lowest BCUT2D eigenvalue weighted by molar-refractivity contribution is -0.140. The number of ether oxygens (including phenoxy) is 1. The maximum atomic E-state index is 12.7. The predicted octanol–water partition coefficient (Wildman–Crippen LogP) is 3.23. The van der Waals surface area contributed by atoms with Crippen LogP contribution in [0.4, 0.5) is 4.79 Å². The van der Waals surface area contributed by atoms with E-state index in [1.54, 1.807) is 24.3 Å². The second-order valence-corrected chi connectivity index (χ2v) is 8.60. The number of amides is 3. The van der Waals surface area contributed by atoms with Gasteiger partial charge in [0.05, 0.1) is 5.56 Å². The molecular weight excluding hydrogens is 382 g/mol. The highest BCUT2D eigenvalue weighted by molar-refractivity contribution is 5.91. The lowest BCUT2D eigenvalue weighted by Crippen LogP contribution is -2.50. The number of carbonyl (C=O) groups excluding carboxylic acids is 3. The molecule has 2 N–H and O–H groups in total. The molecule has 0 aromatic heterocycles. The standard InChI is InChI=1S/C23H33N3O4/c1-16(2)25-23(29)24-14-17-9-11-19(12-10-17)22(28)30-15-21(27)26-13-5-7-18-6-3-4-8-20(18)26/h9-12,16,18,20H,3-8,13-15H2,1-2H3,(H2,24,25,29)/t18-,20+/m0/s1. The molecule has 164 valence electrons. The first-order valence-electron chi connectivity index (χ1n) is 11.0. The number of nitrogens with one attached hydrogen (secondary N) is 2. The summed E-state index contributed by atoms with van der Waals surface area (Å²) in [5, 5.41) is 5.52. The largest absolute Gasteiger partial charge is 0.452 e. The van der Waals surface area contributed by atoms with Crippen molar-refractivity contribution in [2.24, 2.45) is 5.92 Å². The molecule has 0 unspecified atom stereocenters. The summed E-state index contributed by atoms with van der Waals surface area (Å²) in [5.74, 6) is 0.0190. The van der Waals surface area contributed by atoms with Gasteiger partial charge in [0.15, 0.2) is 6.61 Å².